The highest BCUT2D eigenvalue weighted by Gasteiger charge is 2.11. The van der Waals surface area contributed by atoms with Gasteiger partial charge in [-0.1, -0.05) is 30.3 Å². The molecular formula is C10H10N2O. The molecule has 1 rings (SSSR count). The Bertz CT molecular complexity index is 311. The van der Waals surface area contributed by atoms with Gasteiger partial charge < -0.3 is 15.6 Å². The molecule has 0 amide bonds. The van der Waals surface area contributed by atoms with Crippen molar-refractivity contribution in [2.75, 3.05) is 0 Å². The zero-order chi connectivity index (χ0) is 9.68. The normalized spacial score (nSPS) is 11.7. The molecular weight excluding hydrogens is 164 g/mol. The third kappa shape index (κ3) is 2.08. The molecule has 1 unspecified atom stereocenters. The Labute approximate surface area is 76.4 Å². The monoisotopic (exact) mass is 174 g/mol. The molecule has 13 heavy (non-hydrogen) atoms. The topological polar surface area (TPSA) is 64.8 Å². The quantitative estimate of drug-likeness (QED) is 0.527. The van der Waals surface area contributed by atoms with Crippen molar-refractivity contribution in [1.29, 1.82) is 10.8 Å². The Hall–Kier alpha value is -1.77. The maximum absolute atomic E-state index is 10.5. The van der Waals surface area contributed by atoms with E-state index in [9.17, 15) is 4.79 Å². The minimum Gasteiger partial charge on any atom is -0.312 e. The average Bonchev–Trinajstić information content (AvgIpc) is 2.21. The van der Waals surface area contributed by atoms with Crippen LogP contribution in [0.4, 0.5) is 0 Å². The van der Waals surface area contributed by atoms with Gasteiger partial charge in [-0.3, -0.25) is 0 Å². The number of carbonyl (C=O) groups excluding carboxylic acids is 1. The van der Waals surface area contributed by atoms with Crippen molar-refractivity contribution in [3.05, 3.63) is 35.9 Å². The summed E-state index contributed by atoms with van der Waals surface area (Å²) in [4.78, 5) is 10.5. The van der Waals surface area contributed by atoms with Crippen LogP contribution in [0.15, 0.2) is 30.3 Å². The molecule has 1 atom stereocenters. The molecule has 0 heterocycles. The fourth-order valence-electron chi connectivity index (χ4n) is 1.00. The van der Waals surface area contributed by atoms with E-state index in [1.54, 1.807) is 24.3 Å². The smallest absolute Gasteiger partial charge is 0.134 e. The molecule has 0 radical (unpaired) electrons. The molecule has 0 bridgehead atoms. The molecule has 0 aliphatic rings. The summed E-state index contributed by atoms with van der Waals surface area (Å²) in [6.07, 6.45) is 1.57. The van der Waals surface area contributed by atoms with Crippen molar-refractivity contribution in [2.45, 2.75) is 0 Å². The Morgan fingerprint density at radius 2 is 1.92 bits per heavy atom. The van der Waals surface area contributed by atoms with Gasteiger partial charge in [0.25, 0.3) is 0 Å². The molecule has 0 aliphatic heterocycles. The van der Waals surface area contributed by atoms with Gasteiger partial charge >= 0.3 is 0 Å². The van der Waals surface area contributed by atoms with E-state index in [2.05, 4.69) is 0 Å². The summed E-state index contributed by atoms with van der Waals surface area (Å²) in [5.74, 6) is -0.720. The number of hydrogen-bond acceptors (Lipinski definition) is 3. The molecule has 1 aromatic rings. The third-order valence-electron chi connectivity index (χ3n) is 1.74. The number of carbonyl (C=O) groups is 1. The highest BCUT2D eigenvalue weighted by atomic mass is 16.1. The number of rotatable bonds is 4. The van der Waals surface area contributed by atoms with Crippen LogP contribution in [0, 0.1) is 16.7 Å². The minimum absolute atomic E-state index is 0.172. The van der Waals surface area contributed by atoms with Crippen LogP contribution in [0.5, 0.6) is 0 Å². The van der Waals surface area contributed by atoms with Crippen molar-refractivity contribution >= 4 is 18.2 Å². The number of benzene rings is 1. The van der Waals surface area contributed by atoms with Gasteiger partial charge in [0.15, 0.2) is 0 Å². The van der Waals surface area contributed by atoms with Gasteiger partial charge in [0.2, 0.25) is 0 Å². The fraction of sp³-hybridized carbons (Fsp3) is 0.100. The first kappa shape index (κ1) is 9.32. The van der Waals surface area contributed by atoms with E-state index in [0.717, 1.165) is 6.21 Å². The highest BCUT2D eigenvalue weighted by Crippen LogP contribution is 2.05. The number of hydrogen-bond donors (Lipinski definition) is 2. The summed E-state index contributed by atoms with van der Waals surface area (Å²) in [5.41, 5.74) is 0.855. The zero-order valence-electron chi connectivity index (χ0n) is 7.03. The maximum atomic E-state index is 10.5. The molecule has 1 aromatic carbocycles. The molecule has 0 aromatic heterocycles. The van der Waals surface area contributed by atoms with Crippen LogP contribution >= 0.6 is 0 Å². The van der Waals surface area contributed by atoms with Crippen LogP contribution in [0.1, 0.15) is 5.56 Å². The molecule has 0 spiro atoms. The van der Waals surface area contributed by atoms with E-state index in [-0.39, 0.29) is 5.71 Å². The van der Waals surface area contributed by atoms with Crippen LogP contribution in [-0.2, 0) is 4.79 Å². The highest BCUT2D eigenvalue weighted by molar-refractivity contribution is 6.15. The van der Waals surface area contributed by atoms with Gasteiger partial charge in [0, 0.05) is 6.21 Å². The van der Waals surface area contributed by atoms with Crippen molar-refractivity contribution in [3.63, 3.8) is 0 Å². The third-order valence-corrected chi connectivity index (χ3v) is 1.74. The minimum atomic E-state index is -0.720. The van der Waals surface area contributed by atoms with Gasteiger partial charge in [-0.2, -0.15) is 0 Å². The molecule has 0 saturated heterocycles. The van der Waals surface area contributed by atoms with Crippen LogP contribution in [0.3, 0.4) is 0 Å². The Morgan fingerprint density at radius 1 is 1.31 bits per heavy atom. The van der Waals surface area contributed by atoms with Crippen LogP contribution in [0.2, 0.25) is 0 Å². The molecule has 2 N–H and O–H groups in total. The van der Waals surface area contributed by atoms with Gasteiger partial charge in [0.05, 0.1) is 11.6 Å². The second-order valence-corrected chi connectivity index (χ2v) is 2.61. The SMILES string of the molecule is N=CC(C=O)C(=N)c1ccccc1. The lowest BCUT2D eigenvalue weighted by Gasteiger charge is -2.05. The molecule has 0 aliphatic carbocycles. The molecule has 3 nitrogen and oxygen atoms in total. The average molecular weight is 174 g/mol. The second kappa shape index (κ2) is 4.30. The summed E-state index contributed by atoms with van der Waals surface area (Å²) in [6, 6.07) is 8.95. The Morgan fingerprint density at radius 3 is 2.38 bits per heavy atom. The molecule has 66 valence electrons. The number of nitrogens with one attached hydrogen (secondary N) is 2. The molecule has 0 fully saturated rings. The van der Waals surface area contributed by atoms with Crippen LogP contribution in [-0.4, -0.2) is 18.2 Å². The summed E-state index contributed by atoms with van der Waals surface area (Å²) < 4.78 is 0. The maximum Gasteiger partial charge on any atom is 0.134 e. The number of aldehydes is 1. The van der Waals surface area contributed by atoms with Crippen LogP contribution in [0.25, 0.3) is 0 Å². The zero-order valence-corrected chi connectivity index (χ0v) is 7.03. The van der Waals surface area contributed by atoms with Gasteiger partial charge in [-0.15, -0.1) is 0 Å². The fourth-order valence-corrected chi connectivity index (χ4v) is 1.00. The summed E-state index contributed by atoms with van der Waals surface area (Å²) in [6.45, 7) is 0. The predicted octanol–water partition coefficient (Wildman–Crippen LogP) is 1.52. The lowest BCUT2D eigenvalue weighted by Crippen LogP contribution is -2.16. The van der Waals surface area contributed by atoms with Crippen molar-refractivity contribution < 1.29 is 4.79 Å². The van der Waals surface area contributed by atoms with E-state index >= 15 is 0 Å². The van der Waals surface area contributed by atoms with Gasteiger partial charge in [-0.25, -0.2) is 0 Å². The van der Waals surface area contributed by atoms with E-state index < -0.39 is 5.92 Å². The second-order valence-electron chi connectivity index (χ2n) is 2.61. The van der Waals surface area contributed by atoms with Crippen LogP contribution < -0.4 is 0 Å². The van der Waals surface area contributed by atoms with Crippen molar-refractivity contribution in [1.82, 2.24) is 0 Å². The molecule has 0 saturated carbocycles. The first-order valence-electron chi connectivity index (χ1n) is 3.89. The van der Waals surface area contributed by atoms with Gasteiger partial charge in [0.1, 0.15) is 6.29 Å². The van der Waals surface area contributed by atoms with E-state index in [0.29, 0.717) is 11.8 Å². The van der Waals surface area contributed by atoms with Crippen molar-refractivity contribution in [2.24, 2.45) is 5.92 Å². The standard InChI is InChI=1S/C10H10N2O/c11-6-9(7-13)10(12)8-4-2-1-3-5-8/h1-7,9,11-12H. The Balaban J connectivity index is 2.90. The lowest BCUT2D eigenvalue weighted by molar-refractivity contribution is -0.108. The largest absolute Gasteiger partial charge is 0.312 e. The molecule has 3 heteroatoms. The Kier molecular flexibility index (Phi) is 3.09. The summed E-state index contributed by atoms with van der Waals surface area (Å²) >= 11 is 0. The van der Waals surface area contributed by atoms with E-state index in [1.807, 2.05) is 6.07 Å². The summed E-state index contributed by atoms with van der Waals surface area (Å²) in [7, 11) is 0. The summed E-state index contributed by atoms with van der Waals surface area (Å²) in [5, 5.41) is 14.5. The first-order chi connectivity index (χ1) is 6.29. The van der Waals surface area contributed by atoms with Gasteiger partial charge in [-0.05, 0) is 5.56 Å². The van der Waals surface area contributed by atoms with Crippen molar-refractivity contribution in [3.8, 4) is 0 Å². The first-order valence-corrected chi connectivity index (χ1v) is 3.89. The lowest BCUT2D eigenvalue weighted by atomic mass is 9.99. The van der Waals surface area contributed by atoms with E-state index in [4.69, 9.17) is 10.8 Å². The van der Waals surface area contributed by atoms with E-state index in [1.165, 1.54) is 0 Å². The predicted molar refractivity (Wildman–Crippen MR) is 51.6 cm³/mol.